The van der Waals surface area contributed by atoms with Crippen LogP contribution in [0.5, 0.6) is 0 Å². The summed E-state index contributed by atoms with van der Waals surface area (Å²) < 4.78 is 85.7. The summed E-state index contributed by atoms with van der Waals surface area (Å²) in [5, 5.41) is 2.73. The number of rotatable bonds is 4. The molecule has 0 N–H and O–H groups in total. The van der Waals surface area contributed by atoms with Crippen molar-refractivity contribution in [3.63, 3.8) is 0 Å². The van der Waals surface area contributed by atoms with E-state index in [0.29, 0.717) is 50.0 Å². The summed E-state index contributed by atoms with van der Waals surface area (Å²) in [7, 11) is 0. The van der Waals surface area contributed by atoms with Gasteiger partial charge in [0.1, 0.15) is 22.5 Å². The van der Waals surface area contributed by atoms with Crippen LogP contribution in [0.25, 0.3) is 99.2 Å². The van der Waals surface area contributed by atoms with Crippen molar-refractivity contribution in [2.75, 3.05) is 0 Å². The summed E-state index contributed by atoms with van der Waals surface area (Å²) >= 11 is 0. The molecule has 224 valence electrons. The first kappa shape index (κ1) is 20.0. The zero-order valence-corrected chi connectivity index (χ0v) is 25.4. The highest BCUT2D eigenvalue weighted by molar-refractivity contribution is 6.26. The number of hydrogen-bond acceptors (Lipinski definition) is 2. The molecule has 2 nitrogen and oxygen atoms in total. The largest absolute Gasteiger partial charge is 0.456 e. The summed E-state index contributed by atoms with van der Waals surface area (Å²) in [4.78, 5) is 0. The zero-order chi connectivity index (χ0) is 38.6. The van der Waals surface area contributed by atoms with Gasteiger partial charge in [0, 0.05) is 27.3 Å². The Labute approximate surface area is 288 Å². The van der Waals surface area contributed by atoms with E-state index in [1.807, 2.05) is 91.0 Å². The van der Waals surface area contributed by atoms with Gasteiger partial charge >= 0.3 is 0 Å². The van der Waals surface area contributed by atoms with Crippen LogP contribution in [-0.2, 0) is 0 Å². The summed E-state index contributed by atoms with van der Waals surface area (Å²) in [6, 6.07) is 35.1. The van der Waals surface area contributed by atoms with Gasteiger partial charge in [-0.2, -0.15) is 0 Å². The van der Waals surface area contributed by atoms with Gasteiger partial charge in [-0.1, -0.05) is 151 Å². The van der Waals surface area contributed by atoms with Crippen molar-refractivity contribution in [3.05, 3.63) is 170 Å². The second-order valence-electron chi connectivity index (χ2n) is 11.8. The average Bonchev–Trinajstić information content (AvgIpc) is 3.80. The van der Waals surface area contributed by atoms with Crippen molar-refractivity contribution in [1.82, 2.24) is 0 Å². The topological polar surface area (TPSA) is 26.3 Å². The lowest BCUT2D eigenvalue weighted by atomic mass is 9.85. The van der Waals surface area contributed by atoms with Crippen LogP contribution in [-0.4, -0.2) is 0 Å². The number of benzene rings is 8. The molecule has 0 atom stereocenters. The molecule has 8 aromatic carbocycles. The molecule has 10 aromatic rings. The first-order valence-electron chi connectivity index (χ1n) is 19.7. The van der Waals surface area contributed by atoms with Crippen molar-refractivity contribution >= 4 is 54.5 Å². The number of furan rings is 2. The SMILES string of the molecule is [2H]c1c([2H])c([2H])c2c(-c3cccc4oc5cc6c(-c7ccccc7)c(-c7ccccc7)oc6cc5c34)c3c([2H])c([2H])c([2H])c([2H])c3c(-c3ccccc3)c2c1[2H]. The molecule has 0 unspecified atom stereocenters. The Balaban J connectivity index is 1.40. The minimum atomic E-state index is -0.452. The highest BCUT2D eigenvalue weighted by atomic mass is 16.3. The van der Waals surface area contributed by atoms with Gasteiger partial charge in [-0.15, -0.1) is 0 Å². The van der Waals surface area contributed by atoms with Crippen LogP contribution in [0.1, 0.15) is 11.0 Å². The van der Waals surface area contributed by atoms with E-state index in [0.717, 1.165) is 22.1 Å². The maximum absolute atomic E-state index is 9.38. The first-order valence-corrected chi connectivity index (χ1v) is 15.7. The molecule has 2 heterocycles. The highest BCUT2D eigenvalue weighted by Crippen LogP contribution is 2.48. The Morgan fingerprint density at radius 2 is 0.875 bits per heavy atom. The van der Waals surface area contributed by atoms with Crippen LogP contribution in [0.2, 0.25) is 0 Å². The molecule has 0 fully saturated rings. The molecule has 0 aliphatic carbocycles. The third kappa shape index (κ3) is 4.00. The quantitative estimate of drug-likeness (QED) is 0.183. The fourth-order valence-corrected chi connectivity index (χ4v) is 7.10. The number of hydrogen-bond donors (Lipinski definition) is 0. The second kappa shape index (κ2) is 10.6. The van der Waals surface area contributed by atoms with E-state index in [9.17, 15) is 5.48 Å². The maximum atomic E-state index is 9.38. The number of fused-ring (bicyclic) bond motifs is 6. The third-order valence-electron chi connectivity index (χ3n) is 9.11. The fraction of sp³-hybridized carbons (Fsp3) is 0. The molecule has 0 bridgehead atoms. The van der Waals surface area contributed by atoms with Crippen molar-refractivity contribution in [3.8, 4) is 44.7 Å². The molecule has 0 radical (unpaired) electrons. The van der Waals surface area contributed by atoms with Crippen LogP contribution in [0.3, 0.4) is 0 Å². The van der Waals surface area contributed by atoms with Gasteiger partial charge in [0.25, 0.3) is 0 Å². The van der Waals surface area contributed by atoms with Crippen molar-refractivity contribution in [2.24, 2.45) is 0 Å². The molecular formula is C46H28O2. The van der Waals surface area contributed by atoms with Crippen LogP contribution in [0.15, 0.2) is 179 Å². The highest BCUT2D eigenvalue weighted by Gasteiger charge is 2.23. The van der Waals surface area contributed by atoms with E-state index in [2.05, 4.69) is 0 Å². The van der Waals surface area contributed by atoms with Gasteiger partial charge in [0.05, 0.1) is 11.0 Å². The molecule has 48 heavy (non-hydrogen) atoms. The van der Waals surface area contributed by atoms with E-state index in [-0.39, 0.29) is 51.3 Å². The molecule has 2 heteroatoms. The Kier molecular flexibility index (Phi) is 4.41. The van der Waals surface area contributed by atoms with Gasteiger partial charge in [-0.05, 0) is 67.6 Å². The van der Waals surface area contributed by atoms with Gasteiger partial charge in [-0.3, -0.25) is 0 Å². The van der Waals surface area contributed by atoms with Gasteiger partial charge in [0.2, 0.25) is 0 Å². The summed E-state index contributed by atoms with van der Waals surface area (Å²) in [5.74, 6) is 0.699. The standard InChI is InChI=1S/C46H28O2/c1-4-15-29(16-5-1)42-32-21-10-12-23-34(32)44(35-24-13-11-22-33(35)42)36-25-14-26-39-45(36)38-28-41-37(27-40(38)47-39)43(30-17-6-2-7-18-30)46(48-41)31-19-8-3-9-20-31/h1-28H/i10D,11D,12D,13D,21D,22D,23D,24D. The van der Waals surface area contributed by atoms with Gasteiger partial charge in [-0.25, -0.2) is 0 Å². The first-order chi connectivity index (χ1) is 27.2. The lowest BCUT2D eigenvalue weighted by molar-refractivity contribution is 0.632. The summed E-state index contributed by atoms with van der Waals surface area (Å²) in [6.45, 7) is 0. The van der Waals surface area contributed by atoms with Gasteiger partial charge < -0.3 is 8.83 Å². The van der Waals surface area contributed by atoms with Crippen molar-refractivity contribution in [2.45, 2.75) is 0 Å². The molecule has 0 aliphatic rings. The maximum Gasteiger partial charge on any atom is 0.143 e. The summed E-state index contributed by atoms with van der Waals surface area (Å²) in [6.07, 6.45) is 0. The normalized spacial score (nSPS) is 14.1. The Morgan fingerprint density at radius 3 is 1.48 bits per heavy atom. The van der Waals surface area contributed by atoms with E-state index in [1.54, 1.807) is 30.3 Å². The van der Waals surface area contributed by atoms with Crippen molar-refractivity contribution < 1.29 is 19.8 Å². The lowest BCUT2D eigenvalue weighted by Gasteiger charge is -2.18. The predicted octanol–water partition coefficient (Wildman–Crippen LogP) is 13.3. The van der Waals surface area contributed by atoms with Gasteiger partial charge in [0.15, 0.2) is 0 Å². The van der Waals surface area contributed by atoms with Crippen molar-refractivity contribution in [1.29, 1.82) is 0 Å². The van der Waals surface area contributed by atoms with Crippen LogP contribution in [0.4, 0.5) is 0 Å². The average molecular weight is 621 g/mol. The Hall–Kier alpha value is -6.38. The molecular weight excluding hydrogens is 585 g/mol. The lowest BCUT2D eigenvalue weighted by Crippen LogP contribution is -1.91. The molecule has 2 aromatic heterocycles. The van der Waals surface area contributed by atoms with E-state index < -0.39 is 24.2 Å². The van der Waals surface area contributed by atoms with Crippen LogP contribution < -0.4 is 0 Å². The fourth-order valence-electron chi connectivity index (χ4n) is 7.10. The smallest absolute Gasteiger partial charge is 0.143 e. The molecule has 0 spiro atoms. The molecule has 0 amide bonds. The zero-order valence-electron chi connectivity index (χ0n) is 33.4. The van der Waals surface area contributed by atoms with E-state index >= 15 is 0 Å². The Bertz CT molecular complexity index is 3180. The monoisotopic (exact) mass is 620 g/mol. The molecule has 10 rings (SSSR count). The third-order valence-corrected chi connectivity index (χ3v) is 9.11. The Morgan fingerprint density at radius 1 is 0.375 bits per heavy atom. The second-order valence-corrected chi connectivity index (χ2v) is 11.8. The molecule has 0 saturated carbocycles. The van der Waals surface area contributed by atoms with Crippen LogP contribution in [0, 0.1) is 0 Å². The predicted molar refractivity (Wildman–Crippen MR) is 200 cm³/mol. The minimum Gasteiger partial charge on any atom is -0.456 e. The minimum absolute atomic E-state index is 0.144. The van der Waals surface area contributed by atoms with E-state index in [4.69, 9.17) is 14.3 Å². The molecule has 0 saturated heterocycles. The molecule has 0 aliphatic heterocycles. The van der Waals surface area contributed by atoms with E-state index in [1.165, 1.54) is 0 Å². The van der Waals surface area contributed by atoms with Crippen LogP contribution >= 0.6 is 0 Å². The summed E-state index contributed by atoms with van der Waals surface area (Å²) in [5.41, 5.74) is 6.05.